The third kappa shape index (κ3) is 4.02. The van der Waals surface area contributed by atoms with E-state index in [4.69, 9.17) is 0 Å². The highest BCUT2D eigenvalue weighted by atomic mass is 32.2. The first-order valence-corrected chi connectivity index (χ1v) is 9.07. The number of hydrogen-bond acceptors (Lipinski definition) is 4. The molecule has 1 aliphatic rings. The van der Waals surface area contributed by atoms with E-state index in [1.807, 2.05) is 13.1 Å². The van der Waals surface area contributed by atoms with Crippen molar-refractivity contribution >= 4 is 10.0 Å². The lowest BCUT2D eigenvalue weighted by Crippen LogP contribution is -2.37. The van der Waals surface area contributed by atoms with Gasteiger partial charge in [-0.15, -0.1) is 0 Å². The molecule has 5 nitrogen and oxygen atoms in total. The summed E-state index contributed by atoms with van der Waals surface area (Å²) < 4.78 is 26.8. The molecule has 0 amide bonds. The summed E-state index contributed by atoms with van der Waals surface area (Å²) in [5.74, 6) is 0. The molecule has 1 N–H and O–H groups in total. The van der Waals surface area contributed by atoms with E-state index in [1.165, 1.54) is 17.1 Å². The van der Waals surface area contributed by atoms with Crippen LogP contribution in [0.25, 0.3) is 0 Å². The molecule has 1 saturated carbocycles. The van der Waals surface area contributed by atoms with Gasteiger partial charge in [-0.3, -0.25) is 0 Å². The van der Waals surface area contributed by atoms with E-state index >= 15 is 0 Å². The van der Waals surface area contributed by atoms with Crippen molar-refractivity contribution in [1.29, 1.82) is 0 Å². The standard InChI is InChI=1S/C15H25N3O2S/c1-16-11-13-9-10-15(17-12-13)21(19,20)18(2)14-7-5-3-4-6-8-14/h9-10,12,14,16H,3-8,11H2,1-2H3. The van der Waals surface area contributed by atoms with Gasteiger partial charge < -0.3 is 5.32 Å². The van der Waals surface area contributed by atoms with E-state index in [-0.39, 0.29) is 11.1 Å². The molecule has 21 heavy (non-hydrogen) atoms. The Hall–Kier alpha value is -0.980. The molecule has 0 aromatic carbocycles. The van der Waals surface area contributed by atoms with Crippen molar-refractivity contribution in [2.24, 2.45) is 0 Å². The van der Waals surface area contributed by atoms with Crippen molar-refractivity contribution < 1.29 is 8.42 Å². The Morgan fingerprint density at radius 1 is 1.24 bits per heavy atom. The molecular weight excluding hydrogens is 286 g/mol. The first kappa shape index (κ1) is 16.4. The quantitative estimate of drug-likeness (QED) is 0.846. The molecule has 0 unspecified atom stereocenters. The highest BCUT2D eigenvalue weighted by Gasteiger charge is 2.29. The van der Waals surface area contributed by atoms with Crippen molar-refractivity contribution in [2.75, 3.05) is 14.1 Å². The summed E-state index contributed by atoms with van der Waals surface area (Å²) in [7, 11) is 0.0560. The van der Waals surface area contributed by atoms with Crippen molar-refractivity contribution in [1.82, 2.24) is 14.6 Å². The predicted molar refractivity (Wildman–Crippen MR) is 83.4 cm³/mol. The van der Waals surface area contributed by atoms with Crippen LogP contribution in [0.4, 0.5) is 0 Å². The summed E-state index contributed by atoms with van der Waals surface area (Å²) in [4.78, 5) is 4.14. The van der Waals surface area contributed by atoms with Crippen molar-refractivity contribution in [2.45, 2.75) is 56.1 Å². The van der Waals surface area contributed by atoms with Crippen molar-refractivity contribution in [3.05, 3.63) is 23.9 Å². The van der Waals surface area contributed by atoms with Gasteiger partial charge in [0.1, 0.15) is 0 Å². The molecule has 0 saturated heterocycles. The zero-order chi connectivity index (χ0) is 15.3. The second-order valence-corrected chi connectivity index (χ2v) is 7.65. The van der Waals surface area contributed by atoms with Crippen LogP contribution >= 0.6 is 0 Å². The number of pyridine rings is 1. The van der Waals surface area contributed by atoms with Crippen molar-refractivity contribution in [3.8, 4) is 0 Å². The Morgan fingerprint density at radius 3 is 2.43 bits per heavy atom. The Bertz CT molecular complexity index is 535. The van der Waals surface area contributed by atoms with E-state index in [1.54, 1.807) is 19.3 Å². The number of rotatable bonds is 5. The topological polar surface area (TPSA) is 62.3 Å². The van der Waals surface area contributed by atoms with Gasteiger partial charge in [-0.25, -0.2) is 13.4 Å². The SMILES string of the molecule is CNCc1ccc(S(=O)(=O)N(C)C2CCCCCC2)nc1. The molecule has 1 aliphatic carbocycles. The maximum atomic E-state index is 12.7. The van der Waals surface area contributed by atoms with Crippen LogP contribution in [-0.2, 0) is 16.6 Å². The van der Waals surface area contributed by atoms with E-state index < -0.39 is 10.0 Å². The molecule has 6 heteroatoms. The maximum Gasteiger partial charge on any atom is 0.260 e. The van der Waals surface area contributed by atoms with Crippen LogP contribution in [0, 0.1) is 0 Å². The van der Waals surface area contributed by atoms with Crippen LogP contribution in [0.15, 0.2) is 23.4 Å². The second kappa shape index (κ2) is 7.33. The summed E-state index contributed by atoms with van der Waals surface area (Å²) in [5, 5.41) is 3.17. The smallest absolute Gasteiger partial charge is 0.260 e. The highest BCUT2D eigenvalue weighted by Crippen LogP contribution is 2.25. The Balaban J connectivity index is 2.15. The highest BCUT2D eigenvalue weighted by molar-refractivity contribution is 7.89. The molecule has 0 radical (unpaired) electrons. The summed E-state index contributed by atoms with van der Waals surface area (Å²) >= 11 is 0. The molecule has 0 spiro atoms. The molecule has 1 aromatic rings. The lowest BCUT2D eigenvalue weighted by atomic mass is 10.1. The van der Waals surface area contributed by atoms with Crippen LogP contribution in [-0.4, -0.2) is 37.8 Å². The lowest BCUT2D eigenvalue weighted by Gasteiger charge is -2.26. The van der Waals surface area contributed by atoms with Crippen LogP contribution in [0.2, 0.25) is 0 Å². The minimum absolute atomic E-state index is 0.108. The van der Waals surface area contributed by atoms with Crippen LogP contribution in [0.3, 0.4) is 0 Å². The number of nitrogens with zero attached hydrogens (tertiary/aromatic N) is 2. The summed E-state index contributed by atoms with van der Waals surface area (Å²) in [5.41, 5.74) is 0.980. The zero-order valence-electron chi connectivity index (χ0n) is 12.9. The fourth-order valence-electron chi connectivity index (χ4n) is 2.84. The molecule has 0 atom stereocenters. The van der Waals surface area contributed by atoms with Crippen molar-refractivity contribution in [3.63, 3.8) is 0 Å². The van der Waals surface area contributed by atoms with Gasteiger partial charge in [0.25, 0.3) is 10.0 Å². The predicted octanol–water partition coefficient (Wildman–Crippen LogP) is 2.14. The summed E-state index contributed by atoms with van der Waals surface area (Å²) in [6.45, 7) is 0.686. The van der Waals surface area contributed by atoms with Gasteiger partial charge >= 0.3 is 0 Å². The minimum Gasteiger partial charge on any atom is -0.316 e. The number of sulfonamides is 1. The molecule has 1 heterocycles. The second-order valence-electron chi connectivity index (χ2n) is 5.70. The van der Waals surface area contributed by atoms with Gasteiger partial charge in [0.2, 0.25) is 0 Å². The van der Waals surface area contributed by atoms with E-state index in [9.17, 15) is 8.42 Å². The largest absolute Gasteiger partial charge is 0.316 e. The van der Waals surface area contributed by atoms with Crippen LogP contribution in [0.1, 0.15) is 44.1 Å². The lowest BCUT2D eigenvalue weighted by molar-refractivity contribution is 0.334. The van der Waals surface area contributed by atoms with E-state index in [0.29, 0.717) is 6.54 Å². The van der Waals surface area contributed by atoms with Gasteiger partial charge in [0.15, 0.2) is 5.03 Å². The first-order chi connectivity index (χ1) is 10.1. The van der Waals surface area contributed by atoms with Gasteiger partial charge in [0.05, 0.1) is 0 Å². The van der Waals surface area contributed by atoms with Gasteiger partial charge in [-0.2, -0.15) is 4.31 Å². The third-order valence-electron chi connectivity index (χ3n) is 4.16. The zero-order valence-corrected chi connectivity index (χ0v) is 13.7. The monoisotopic (exact) mass is 311 g/mol. The fourth-order valence-corrected chi connectivity index (χ4v) is 4.16. The number of nitrogens with one attached hydrogen (secondary N) is 1. The first-order valence-electron chi connectivity index (χ1n) is 7.63. The summed E-state index contributed by atoms with van der Waals surface area (Å²) in [6.07, 6.45) is 8.17. The van der Waals surface area contributed by atoms with Gasteiger partial charge in [0, 0.05) is 25.8 Å². The normalized spacial score (nSPS) is 17.9. The average molecular weight is 311 g/mol. The van der Waals surface area contributed by atoms with E-state index in [2.05, 4.69) is 10.3 Å². The fraction of sp³-hybridized carbons (Fsp3) is 0.667. The van der Waals surface area contributed by atoms with Crippen LogP contribution < -0.4 is 5.32 Å². The molecule has 1 aromatic heterocycles. The van der Waals surface area contributed by atoms with Gasteiger partial charge in [-0.05, 0) is 31.5 Å². The molecule has 2 rings (SSSR count). The van der Waals surface area contributed by atoms with Crippen LogP contribution in [0.5, 0.6) is 0 Å². The molecule has 0 bridgehead atoms. The minimum atomic E-state index is -3.48. The summed E-state index contributed by atoms with van der Waals surface area (Å²) in [6, 6.07) is 3.53. The van der Waals surface area contributed by atoms with E-state index in [0.717, 1.165) is 31.2 Å². The molecule has 1 fully saturated rings. The third-order valence-corrected chi connectivity index (χ3v) is 5.99. The Kier molecular flexibility index (Phi) is 5.72. The average Bonchev–Trinajstić information content (AvgIpc) is 2.76. The Morgan fingerprint density at radius 2 is 1.90 bits per heavy atom. The number of aromatic nitrogens is 1. The maximum absolute atomic E-state index is 12.7. The van der Waals surface area contributed by atoms with Gasteiger partial charge in [-0.1, -0.05) is 31.7 Å². The number of hydrogen-bond donors (Lipinski definition) is 1. The molecule has 118 valence electrons. The Labute approximate surface area is 127 Å². The molecule has 0 aliphatic heterocycles. The molecular formula is C15H25N3O2S.